The minimum Gasteiger partial charge on any atom is -0.479 e. The summed E-state index contributed by atoms with van der Waals surface area (Å²) in [5, 5.41) is 76.8. The van der Waals surface area contributed by atoms with E-state index in [0.29, 0.717) is 5.56 Å². The first-order valence-corrected chi connectivity index (χ1v) is 22.5. The van der Waals surface area contributed by atoms with Crippen LogP contribution in [0.15, 0.2) is 60.8 Å². The average Bonchev–Trinajstić information content (AvgIpc) is 3.82. The average molecular weight is 930 g/mol. The van der Waals surface area contributed by atoms with Gasteiger partial charge in [-0.2, -0.15) is 0 Å². The van der Waals surface area contributed by atoms with Crippen LogP contribution in [-0.4, -0.2) is 163 Å². The third kappa shape index (κ3) is 11.6. The van der Waals surface area contributed by atoms with E-state index >= 15 is 0 Å². The van der Waals surface area contributed by atoms with Crippen LogP contribution < -0.4 is 11.1 Å². The third-order valence-corrected chi connectivity index (χ3v) is 12.9. The second kappa shape index (κ2) is 22.5. The number of hydrogen-bond donors (Lipinski definition) is 8. The number of nitrogens with one attached hydrogen (secondary N) is 1. The van der Waals surface area contributed by atoms with Gasteiger partial charge in [0.25, 0.3) is 0 Å². The predicted octanol–water partition coefficient (Wildman–Crippen LogP) is 0.821. The number of carboxylic acid groups (broad SMARTS) is 1. The lowest BCUT2D eigenvalue weighted by molar-refractivity contribution is -0.348. The van der Waals surface area contributed by atoms with Gasteiger partial charge in [-0.25, -0.2) is 18.7 Å². The molecule has 4 aliphatic rings. The summed E-state index contributed by atoms with van der Waals surface area (Å²) in [5.41, 5.74) is 6.43. The zero-order valence-corrected chi connectivity index (χ0v) is 36.4. The summed E-state index contributed by atoms with van der Waals surface area (Å²) in [5.74, 6) is -4.11. The number of amides is 1. The van der Waals surface area contributed by atoms with E-state index in [9.17, 15) is 49.4 Å². The van der Waals surface area contributed by atoms with Crippen molar-refractivity contribution in [1.82, 2.24) is 20.3 Å². The van der Waals surface area contributed by atoms with Gasteiger partial charge in [-0.15, -0.1) is 5.10 Å². The maximum Gasteiger partial charge on any atom is 0.338 e. The van der Waals surface area contributed by atoms with Crippen LogP contribution in [0.1, 0.15) is 74.7 Å². The monoisotopic (exact) mass is 929 g/mol. The van der Waals surface area contributed by atoms with Crippen molar-refractivity contribution in [2.45, 2.75) is 144 Å². The molecule has 20 nitrogen and oxygen atoms in total. The van der Waals surface area contributed by atoms with Gasteiger partial charge in [0.15, 0.2) is 24.8 Å². The molecule has 2 aliphatic heterocycles. The van der Waals surface area contributed by atoms with Gasteiger partial charge in [0.1, 0.15) is 54.2 Å². The fourth-order valence-corrected chi connectivity index (χ4v) is 9.31. The van der Waals surface area contributed by atoms with E-state index < -0.39 is 122 Å². The Morgan fingerprint density at radius 3 is 2.36 bits per heavy atom. The van der Waals surface area contributed by atoms with Crippen molar-refractivity contribution < 1.29 is 77.8 Å². The highest BCUT2D eigenvalue weighted by Gasteiger charge is 2.54. The molecular formula is C45H60FN5O15. The van der Waals surface area contributed by atoms with Gasteiger partial charge in [0.2, 0.25) is 5.91 Å². The lowest BCUT2D eigenvalue weighted by atomic mass is 9.80. The number of esters is 1. The zero-order valence-electron chi connectivity index (χ0n) is 36.4. The fourth-order valence-electron chi connectivity index (χ4n) is 9.31. The Balaban J connectivity index is 1.30. The summed E-state index contributed by atoms with van der Waals surface area (Å²) in [6, 6.07) is 12.4. The Hall–Kier alpha value is -4.52. The first-order chi connectivity index (χ1) is 31.8. The molecule has 3 aromatic rings. The maximum atomic E-state index is 14.4. The molecule has 15 atom stereocenters. The number of benzene rings is 2. The molecule has 3 heterocycles. The molecule has 0 bridgehead atoms. The van der Waals surface area contributed by atoms with E-state index in [0.717, 1.165) is 32.1 Å². The smallest absolute Gasteiger partial charge is 0.338 e. The lowest BCUT2D eigenvalue weighted by Gasteiger charge is -2.48. The first-order valence-electron chi connectivity index (χ1n) is 22.5. The molecule has 9 N–H and O–H groups in total. The van der Waals surface area contributed by atoms with Crippen molar-refractivity contribution in [1.29, 1.82) is 0 Å². The molecule has 1 aromatic heterocycles. The molecule has 2 saturated carbocycles. The highest BCUT2D eigenvalue weighted by Crippen LogP contribution is 2.41. The standard InChI is InChI=1S/C45H60FN5O15/c1-23-34(53)36(55)37(56)44(61-23)66-38-30(51-21-29(49-50-51)26-13-8-14-28(46)18-26)19-27(41(57)48-16-15-47)20-31(38)63-45-40(65-43(60)25-11-6-3-7-12-25)39(35(54)33(22-52)64-45)62-32(42(58)59)17-24-9-4-2-5-10-24/h3,6-8,11-14,18,21,23-24,27,30-40,44-45,52-56H,2,4-5,9-10,15-17,19-20,22,47H2,1H3,(H,48,57)(H,58,59)/t23?,27?,30?,31?,32-,33?,34?,35?,36?,37?,38?,39?,40?,44?,45?/m0/s1. The third-order valence-electron chi connectivity index (χ3n) is 12.9. The molecule has 2 aliphatic carbocycles. The highest BCUT2D eigenvalue weighted by atomic mass is 19.1. The van der Waals surface area contributed by atoms with Gasteiger partial charge < -0.3 is 70.1 Å². The molecular weight excluding hydrogens is 870 g/mol. The summed E-state index contributed by atoms with van der Waals surface area (Å²) >= 11 is 0. The number of aliphatic carboxylic acids is 1. The van der Waals surface area contributed by atoms with Gasteiger partial charge in [-0.05, 0) is 56.4 Å². The fraction of sp³-hybridized carbons (Fsp3) is 0.622. The number of hydrogen-bond acceptors (Lipinski definition) is 17. The van der Waals surface area contributed by atoms with Crippen molar-refractivity contribution in [3.8, 4) is 11.3 Å². The van der Waals surface area contributed by atoms with Crippen molar-refractivity contribution in [3.05, 3.63) is 72.2 Å². The van der Waals surface area contributed by atoms with Gasteiger partial charge in [0.05, 0.1) is 36.6 Å². The number of carbonyl (C=O) groups is 3. The van der Waals surface area contributed by atoms with Crippen LogP contribution in [0.5, 0.6) is 0 Å². The Morgan fingerprint density at radius 2 is 1.67 bits per heavy atom. The summed E-state index contributed by atoms with van der Waals surface area (Å²) in [6.07, 6.45) is -14.4. The van der Waals surface area contributed by atoms with Crippen LogP contribution in [0.4, 0.5) is 4.39 Å². The molecule has 2 saturated heterocycles. The van der Waals surface area contributed by atoms with Crippen LogP contribution in [0.3, 0.4) is 0 Å². The van der Waals surface area contributed by atoms with E-state index in [1.807, 2.05) is 0 Å². The number of nitrogens with two attached hydrogens (primary N) is 1. The minimum absolute atomic E-state index is 0.000176. The van der Waals surface area contributed by atoms with Crippen LogP contribution in [0, 0.1) is 17.7 Å². The van der Waals surface area contributed by atoms with Crippen LogP contribution in [0.2, 0.25) is 0 Å². The molecule has 7 rings (SSSR count). The number of ether oxygens (including phenoxy) is 6. The number of carbonyl (C=O) groups excluding carboxylic acids is 2. The molecule has 1 amide bonds. The van der Waals surface area contributed by atoms with E-state index in [1.165, 1.54) is 48.1 Å². The van der Waals surface area contributed by atoms with Gasteiger partial charge in [-0.3, -0.25) is 4.79 Å². The van der Waals surface area contributed by atoms with Crippen LogP contribution in [-0.2, 0) is 38.0 Å². The number of aliphatic hydroxyl groups excluding tert-OH is 5. The second-order valence-corrected chi connectivity index (χ2v) is 17.5. The highest BCUT2D eigenvalue weighted by molar-refractivity contribution is 5.89. The lowest BCUT2D eigenvalue weighted by Crippen LogP contribution is -2.64. The number of aromatic nitrogens is 3. The Kier molecular flexibility index (Phi) is 16.8. The molecule has 0 spiro atoms. The zero-order chi connectivity index (χ0) is 47.1. The largest absolute Gasteiger partial charge is 0.479 e. The SMILES string of the molecule is CC1OC(OC2C(OC3OC(CO)C(O)C(O[C@@H](CC4CCCCC4)C(=O)O)C3OC(=O)c3ccccc3)CC(C(=O)NCCN)CC2n2cc(-c3cccc(F)c3)nn2)C(O)C(O)C1O. The van der Waals surface area contributed by atoms with Gasteiger partial charge >= 0.3 is 11.9 Å². The Morgan fingerprint density at radius 1 is 0.909 bits per heavy atom. The van der Waals surface area contributed by atoms with Crippen LogP contribution >= 0.6 is 0 Å². The Bertz CT molecular complexity index is 2060. The number of nitrogens with zero attached hydrogens (tertiary/aromatic N) is 3. The quantitative estimate of drug-likeness (QED) is 0.0870. The second-order valence-electron chi connectivity index (χ2n) is 17.5. The normalized spacial score (nSPS) is 33.5. The number of halogens is 1. The molecule has 4 fully saturated rings. The van der Waals surface area contributed by atoms with Gasteiger partial charge in [0, 0.05) is 24.6 Å². The summed E-state index contributed by atoms with van der Waals surface area (Å²) in [7, 11) is 0. The molecule has 14 unspecified atom stereocenters. The van der Waals surface area contributed by atoms with E-state index in [4.69, 9.17) is 34.2 Å². The van der Waals surface area contributed by atoms with Gasteiger partial charge in [-0.1, -0.05) is 67.6 Å². The number of rotatable bonds is 17. The molecule has 21 heteroatoms. The topological polar surface area (TPSA) is 297 Å². The number of aliphatic hydroxyl groups is 5. The molecule has 0 radical (unpaired) electrons. The predicted molar refractivity (Wildman–Crippen MR) is 226 cm³/mol. The van der Waals surface area contributed by atoms with Crippen molar-refractivity contribution in [3.63, 3.8) is 0 Å². The van der Waals surface area contributed by atoms with Crippen molar-refractivity contribution in [2.75, 3.05) is 19.7 Å². The maximum absolute atomic E-state index is 14.4. The molecule has 66 heavy (non-hydrogen) atoms. The summed E-state index contributed by atoms with van der Waals surface area (Å²) in [4.78, 5) is 40.7. The van der Waals surface area contributed by atoms with Crippen molar-refractivity contribution in [2.24, 2.45) is 17.6 Å². The van der Waals surface area contributed by atoms with Crippen molar-refractivity contribution >= 4 is 17.8 Å². The number of carboxylic acids is 1. The van der Waals surface area contributed by atoms with Crippen LogP contribution in [0.25, 0.3) is 11.3 Å². The Labute approximate surface area is 380 Å². The van der Waals surface area contributed by atoms with E-state index in [-0.39, 0.29) is 49.5 Å². The van der Waals surface area contributed by atoms with E-state index in [2.05, 4.69) is 15.6 Å². The molecule has 2 aromatic carbocycles. The molecule has 362 valence electrons. The first kappa shape index (κ1) is 49.4. The van der Waals surface area contributed by atoms with E-state index in [1.54, 1.807) is 24.3 Å². The minimum atomic E-state index is -1.81. The summed E-state index contributed by atoms with van der Waals surface area (Å²) in [6.45, 7) is 0.873. The summed E-state index contributed by atoms with van der Waals surface area (Å²) < 4.78 is 53.4.